The summed E-state index contributed by atoms with van der Waals surface area (Å²) in [6.07, 6.45) is 0. The van der Waals surface area contributed by atoms with Crippen LogP contribution in [0.25, 0.3) is 0 Å². The maximum absolute atomic E-state index is 11.9. The second-order valence-corrected chi connectivity index (χ2v) is 1.30. The molecule has 0 bridgehead atoms. The van der Waals surface area contributed by atoms with Crippen LogP contribution in [0.15, 0.2) is 24.2 Å². The topological polar surface area (TPSA) is 0 Å². The average Bonchev–Trinajstić information content (AvgIpc) is 1.69. The van der Waals surface area contributed by atoms with Crippen LogP contribution in [0.1, 0.15) is 0 Å². The van der Waals surface area contributed by atoms with Gasteiger partial charge in [0.05, 0.1) is 0 Å². The molecule has 1 rings (SSSR count). The number of hydrogen-bond donors (Lipinski definition) is 0. The summed E-state index contributed by atoms with van der Waals surface area (Å²) in [5, 5.41) is 0. The predicted molar refractivity (Wildman–Crippen MR) is 34.9 cm³/mol. The average molecular weight is 118 g/mol. The summed E-state index contributed by atoms with van der Waals surface area (Å²) in [5.74, 6) is 1.66. The van der Waals surface area contributed by atoms with E-state index in [1.54, 1.807) is 18.1 Å². The molecule has 3 heteroatoms. The van der Waals surface area contributed by atoms with Crippen LogP contribution in [0.5, 0.6) is 0 Å². The van der Waals surface area contributed by atoms with Crippen molar-refractivity contribution in [2.75, 3.05) is 0 Å². The van der Waals surface area contributed by atoms with Crippen molar-refractivity contribution in [3.8, 4) is 0 Å². The van der Waals surface area contributed by atoms with Gasteiger partial charge in [0.25, 0.3) is 0 Å². The van der Waals surface area contributed by atoms with Gasteiger partial charge in [0, 0.05) is 0 Å². The Hall–Kier alpha value is 0.345. The first-order valence-electron chi connectivity index (χ1n) is 2.10. The number of halogens is 1. The predicted octanol–water partition coefficient (Wildman–Crippen LogP) is 0.515. The molecule has 0 atom stereocenters. The molecule has 0 aliphatic heterocycles. The summed E-state index contributed by atoms with van der Waals surface area (Å²) in [6, 6.07) is 4.86. The molecule has 36 valence electrons. The van der Waals surface area contributed by atoms with E-state index >= 15 is 0 Å². The fourth-order valence-electron chi connectivity index (χ4n) is 0.415. The Morgan fingerprint density at radius 2 is 2.12 bits per heavy atom. The second kappa shape index (κ2) is 4.25. The zero-order valence-corrected chi connectivity index (χ0v) is 3.76. The number of hydrogen-bond acceptors (Lipinski definition) is 0. The van der Waals surface area contributed by atoms with Crippen LogP contribution < -0.4 is 0 Å². The third kappa shape index (κ3) is 2.60. The van der Waals surface area contributed by atoms with Crippen LogP contribution in [0.4, 0.5) is 4.39 Å². The van der Waals surface area contributed by atoms with Gasteiger partial charge in [-0.05, 0) is 0 Å². The summed E-state index contributed by atoms with van der Waals surface area (Å²) in [4.78, 5) is 0. The van der Waals surface area contributed by atoms with E-state index in [2.05, 4.69) is 0 Å². The molecule has 0 fully saturated rings. The molecule has 0 N–H and O–H groups in total. The van der Waals surface area contributed by atoms with E-state index in [0.717, 1.165) is 0 Å². The van der Waals surface area contributed by atoms with E-state index in [-0.39, 0.29) is 35.3 Å². The first-order valence-corrected chi connectivity index (χ1v) is 2.10. The fraction of sp³-hybridized carbons (Fsp3) is 0. The van der Waals surface area contributed by atoms with Gasteiger partial charge in [-0.2, -0.15) is 0 Å². The third-order valence-corrected chi connectivity index (χ3v) is 0.733. The Balaban J connectivity index is 0.000000490. The van der Waals surface area contributed by atoms with E-state index in [9.17, 15) is 4.39 Å². The van der Waals surface area contributed by atoms with Crippen molar-refractivity contribution >= 4 is 36.5 Å². The second-order valence-electron chi connectivity index (χ2n) is 1.30. The summed E-state index contributed by atoms with van der Waals surface area (Å²) in [7, 11) is 0. The van der Waals surface area contributed by atoms with Gasteiger partial charge in [0.15, 0.2) is 0 Å². The van der Waals surface area contributed by atoms with Crippen LogP contribution in [0.2, 0.25) is 0 Å². The summed E-state index contributed by atoms with van der Waals surface area (Å²) < 4.78 is 11.9. The van der Waals surface area contributed by atoms with Crippen LogP contribution in [-0.2, 0) is 0 Å². The Morgan fingerprint density at radius 1 is 1.38 bits per heavy atom. The molecule has 0 aliphatic rings. The van der Waals surface area contributed by atoms with Crippen molar-refractivity contribution in [3.05, 3.63) is 29.9 Å². The maximum atomic E-state index is 11.9. The van der Waals surface area contributed by atoms with Gasteiger partial charge >= 0.3 is 70.7 Å². The molecule has 0 saturated carbocycles. The SMILES string of the molecule is Fc1bcccc1.[NaH]. The van der Waals surface area contributed by atoms with E-state index < -0.39 is 0 Å². The first-order chi connectivity index (χ1) is 3.39. The Morgan fingerprint density at radius 3 is 2.38 bits per heavy atom. The molecular weight excluding hydrogens is 113 g/mol. The van der Waals surface area contributed by atoms with Gasteiger partial charge < -0.3 is 0 Å². The van der Waals surface area contributed by atoms with Gasteiger partial charge in [-0.3, -0.25) is 0 Å². The third-order valence-electron chi connectivity index (χ3n) is 0.733. The van der Waals surface area contributed by atoms with Gasteiger partial charge in [-0.15, -0.1) is 0 Å². The monoisotopic (exact) mass is 118 g/mol. The molecule has 0 aromatic carbocycles. The molecule has 1 heterocycles. The minimum absolute atomic E-state index is 0. The molecule has 0 amide bonds. The van der Waals surface area contributed by atoms with Crippen molar-refractivity contribution in [3.63, 3.8) is 0 Å². The Labute approximate surface area is 70.6 Å². The van der Waals surface area contributed by atoms with Crippen LogP contribution in [0.3, 0.4) is 0 Å². The molecule has 0 radical (unpaired) electrons. The standard InChI is InChI=1S/C5H4BF.Na.H/c7-5-3-1-2-4-6-5;;/h1-4H;;. The summed E-state index contributed by atoms with van der Waals surface area (Å²) >= 11 is 0. The quantitative estimate of drug-likeness (QED) is 0.435. The van der Waals surface area contributed by atoms with Crippen molar-refractivity contribution in [2.45, 2.75) is 0 Å². The van der Waals surface area contributed by atoms with Crippen molar-refractivity contribution < 1.29 is 4.39 Å². The van der Waals surface area contributed by atoms with Crippen molar-refractivity contribution in [1.29, 1.82) is 0 Å². The zero-order chi connectivity index (χ0) is 5.11. The minimum atomic E-state index is -0.178. The summed E-state index contributed by atoms with van der Waals surface area (Å²) in [6.45, 7) is 1.42. The molecule has 8 heavy (non-hydrogen) atoms. The van der Waals surface area contributed by atoms with Gasteiger partial charge in [0.1, 0.15) is 0 Å². The van der Waals surface area contributed by atoms with Crippen molar-refractivity contribution in [2.24, 2.45) is 0 Å². The first kappa shape index (κ1) is 8.34. The van der Waals surface area contributed by atoms with Gasteiger partial charge in [0.2, 0.25) is 0 Å². The molecule has 0 aliphatic carbocycles. The molecule has 0 saturated heterocycles. The molecule has 0 nitrogen and oxygen atoms in total. The number of rotatable bonds is 0. The van der Waals surface area contributed by atoms with E-state index in [0.29, 0.717) is 0 Å². The Kier molecular flexibility index (Phi) is 4.43. The van der Waals surface area contributed by atoms with Crippen LogP contribution in [0, 0.1) is 5.71 Å². The van der Waals surface area contributed by atoms with Gasteiger partial charge in [-0.25, -0.2) is 0 Å². The molecular formula is C5H5BFNa. The van der Waals surface area contributed by atoms with Crippen molar-refractivity contribution in [1.82, 2.24) is 0 Å². The van der Waals surface area contributed by atoms with E-state index in [1.165, 1.54) is 13.0 Å². The fourth-order valence-corrected chi connectivity index (χ4v) is 0.415. The molecule has 1 aromatic heterocycles. The Bertz CT molecular complexity index is 142. The van der Waals surface area contributed by atoms with Gasteiger partial charge in [-0.1, -0.05) is 0 Å². The molecule has 0 spiro atoms. The molecule has 1 aromatic rings. The van der Waals surface area contributed by atoms with E-state index in [1.807, 2.05) is 0 Å². The summed E-state index contributed by atoms with van der Waals surface area (Å²) in [5.41, 5.74) is -0.178. The van der Waals surface area contributed by atoms with Crippen LogP contribution in [-0.4, -0.2) is 36.5 Å². The normalized spacial score (nSPS) is 7.12. The van der Waals surface area contributed by atoms with E-state index in [4.69, 9.17) is 0 Å². The zero-order valence-electron chi connectivity index (χ0n) is 3.76. The van der Waals surface area contributed by atoms with Crippen LogP contribution >= 0.6 is 0 Å². The molecule has 0 unspecified atom stereocenters.